The average Bonchev–Trinajstić information content (AvgIpc) is 2.59. The summed E-state index contributed by atoms with van der Waals surface area (Å²) in [5.74, 6) is -0.321. The van der Waals surface area contributed by atoms with Crippen LogP contribution in [0.2, 0.25) is 5.02 Å². The summed E-state index contributed by atoms with van der Waals surface area (Å²) in [4.78, 5) is 24.9. The summed E-state index contributed by atoms with van der Waals surface area (Å²) in [5, 5.41) is 0.948. The first-order chi connectivity index (χ1) is 12.0. The molecule has 3 aromatic rings. The molecule has 128 valence electrons. The second-order valence-electron chi connectivity index (χ2n) is 5.82. The van der Waals surface area contributed by atoms with Crippen molar-refractivity contribution in [2.45, 2.75) is 26.7 Å². The van der Waals surface area contributed by atoms with Gasteiger partial charge in [-0.05, 0) is 49.7 Å². The van der Waals surface area contributed by atoms with Crippen LogP contribution in [0, 0.1) is 6.92 Å². The predicted molar refractivity (Wildman–Crippen MR) is 98.2 cm³/mol. The number of ether oxygens (including phenoxy) is 1. The highest BCUT2D eigenvalue weighted by atomic mass is 35.5. The minimum Gasteiger partial charge on any atom is -0.452 e. The van der Waals surface area contributed by atoms with Crippen LogP contribution in [0.25, 0.3) is 22.3 Å². The topological polar surface area (TPSA) is 56.5 Å². The molecule has 0 amide bonds. The van der Waals surface area contributed by atoms with Crippen molar-refractivity contribution >= 4 is 28.5 Å². The Labute approximate surface area is 150 Å². The van der Waals surface area contributed by atoms with Crippen molar-refractivity contribution in [2.24, 2.45) is 0 Å². The lowest BCUT2D eigenvalue weighted by Gasteiger charge is -2.11. The molecule has 0 saturated heterocycles. The summed E-state index contributed by atoms with van der Waals surface area (Å²) in [6.07, 6.45) is 0.860. The molecule has 1 heterocycles. The van der Waals surface area contributed by atoms with Gasteiger partial charge in [0.15, 0.2) is 5.76 Å². The molecule has 0 aliphatic carbocycles. The van der Waals surface area contributed by atoms with E-state index in [4.69, 9.17) is 20.8 Å². The van der Waals surface area contributed by atoms with Crippen LogP contribution >= 0.6 is 11.6 Å². The van der Waals surface area contributed by atoms with Crippen molar-refractivity contribution in [3.8, 4) is 17.1 Å². The van der Waals surface area contributed by atoms with Crippen LogP contribution in [-0.2, 0) is 4.79 Å². The van der Waals surface area contributed by atoms with E-state index >= 15 is 0 Å². The Balaban J connectivity index is 2.25. The molecule has 2 aromatic carbocycles. The standard InChI is InChI=1S/C20H17ClO4/c1-3-4-17(22)25-20-18(23)15-11-12(2)5-10-16(15)24-19(20)13-6-8-14(21)9-7-13/h5-11H,3-4H2,1-2H3. The third-order valence-corrected chi connectivity index (χ3v) is 4.03. The van der Waals surface area contributed by atoms with Gasteiger partial charge < -0.3 is 9.15 Å². The fraction of sp³-hybridized carbons (Fsp3) is 0.200. The Hall–Kier alpha value is -2.59. The summed E-state index contributed by atoms with van der Waals surface area (Å²) < 4.78 is 11.3. The van der Waals surface area contributed by atoms with E-state index in [1.165, 1.54) is 0 Å². The number of carbonyl (C=O) groups is 1. The van der Waals surface area contributed by atoms with Gasteiger partial charge in [0.2, 0.25) is 11.2 Å². The first-order valence-electron chi connectivity index (χ1n) is 8.03. The maximum Gasteiger partial charge on any atom is 0.311 e. The zero-order chi connectivity index (χ0) is 18.0. The van der Waals surface area contributed by atoms with Crippen LogP contribution in [0.3, 0.4) is 0 Å². The SMILES string of the molecule is CCCC(=O)Oc1c(-c2ccc(Cl)cc2)oc2ccc(C)cc2c1=O. The smallest absolute Gasteiger partial charge is 0.311 e. The lowest BCUT2D eigenvalue weighted by molar-refractivity contribution is -0.134. The minimum absolute atomic E-state index is 0.0844. The van der Waals surface area contributed by atoms with Crippen LogP contribution in [0.15, 0.2) is 51.7 Å². The normalized spacial score (nSPS) is 10.8. The first-order valence-corrected chi connectivity index (χ1v) is 8.41. The molecule has 1 aromatic heterocycles. The number of fused-ring (bicyclic) bond motifs is 1. The summed E-state index contributed by atoms with van der Waals surface area (Å²) in [5.41, 5.74) is 1.61. The molecule has 0 N–H and O–H groups in total. The Bertz CT molecular complexity index is 987. The molecule has 0 unspecified atom stereocenters. The fourth-order valence-corrected chi connectivity index (χ4v) is 2.67. The van der Waals surface area contributed by atoms with Gasteiger partial charge in [-0.1, -0.05) is 30.2 Å². The summed E-state index contributed by atoms with van der Waals surface area (Å²) in [7, 11) is 0. The van der Waals surface area contributed by atoms with Crippen molar-refractivity contribution in [1.29, 1.82) is 0 Å². The summed E-state index contributed by atoms with van der Waals surface area (Å²) >= 11 is 5.93. The van der Waals surface area contributed by atoms with E-state index in [9.17, 15) is 9.59 Å². The highest BCUT2D eigenvalue weighted by Gasteiger charge is 2.20. The van der Waals surface area contributed by atoms with Crippen molar-refractivity contribution in [1.82, 2.24) is 0 Å². The summed E-state index contributed by atoms with van der Waals surface area (Å²) in [6, 6.07) is 12.1. The quantitative estimate of drug-likeness (QED) is 0.608. The molecule has 0 fully saturated rings. The zero-order valence-electron chi connectivity index (χ0n) is 14.0. The van der Waals surface area contributed by atoms with Gasteiger partial charge in [-0.2, -0.15) is 0 Å². The molecule has 0 atom stereocenters. The van der Waals surface area contributed by atoms with Gasteiger partial charge >= 0.3 is 5.97 Å². The van der Waals surface area contributed by atoms with Crippen molar-refractivity contribution in [3.05, 3.63) is 63.3 Å². The molecular weight excluding hydrogens is 340 g/mol. The third-order valence-electron chi connectivity index (χ3n) is 3.78. The molecule has 0 radical (unpaired) electrons. The van der Waals surface area contributed by atoms with Gasteiger partial charge in [-0.15, -0.1) is 0 Å². The van der Waals surface area contributed by atoms with Gasteiger partial charge in [-0.3, -0.25) is 9.59 Å². The van der Waals surface area contributed by atoms with Gasteiger partial charge in [0.05, 0.1) is 5.39 Å². The molecule has 4 nitrogen and oxygen atoms in total. The van der Waals surface area contributed by atoms with Crippen LogP contribution in [0.5, 0.6) is 5.75 Å². The van der Waals surface area contributed by atoms with Gasteiger partial charge in [0, 0.05) is 17.0 Å². The number of carbonyl (C=O) groups excluding carboxylic acids is 1. The first kappa shape index (κ1) is 17.2. The number of halogens is 1. The Morgan fingerprint density at radius 2 is 1.88 bits per heavy atom. The van der Waals surface area contributed by atoms with Crippen molar-refractivity contribution in [2.75, 3.05) is 0 Å². The number of esters is 1. The van der Waals surface area contributed by atoms with Crippen LogP contribution in [0.1, 0.15) is 25.3 Å². The molecule has 0 aliphatic rings. The fourth-order valence-electron chi connectivity index (χ4n) is 2.54. The van der Waals surface area contributed by atoms with E-state index in [2.05, 4.69) is 0 Å². The lowest BCUT2D eigenvalue weighted by atomic mass is 10.1. The Morgan fingerprint density at radius 1 is 1.16 bits per heavy atom. The zero-order valence-corrected chi connectivity index (χ0v) is 14.7. The van der Waals surface area contributed by atoms with Crippen LogP contribution in [0.4, 0.5) is 0 Å². The minimum atomic E-state index is -0.461. The molecule has 0 aliphatic heterocycles. The van der Waals surface area contributed by atoms with E-state index < -0.39 is 5.97 Å². The van der Waals surface area contributed by atoms with Crippen LogP contribution in [-0.4, -0.2) is 5.97 Å². The van der Waals surface area contributed by atoms with Crippen molar-refractivity contribution < 1.29 is 13.9 Å². The average molecular weight is 357 g/mol. The van der Waals surface area contributed by atoms with E-state index in [1.54, 1.807) is 36.4 Å². The van der Waals surface area contributed by atoms with E-state index in [-0.39, 0.29) is 23.4 Å². The molecule has 0 bridgehead atoms. The largest absolute Gasteiger partial charge is 0.452 e. The number of hydrogen-bond acceptors (Lipinski definition) is 4. The number of benzene rings is 2. The summed E-state index contributed by atoms with van der Waals surface area (Å²) in [6.45, 7) is 3.75. The van der Waals surface area contributed by atoms with Gasteiger partial charge in [0.1, 0.15) is 5.58 Å². The molecular formula is C20H17ClO4. The maximum absolute atomic E-state index is 12.9. The van der Waals surface area contributed by atoms with Crippen LogP contribution < -0.4 is 10.2 Å². The van der Waals surface area contributed by atoms with Gasteiger partial charge in [-0.25, -0.2) is 0 Å². The van der Waals surface area contributed by atoms with E-state index in [0.29, 0.717) is 28.0 Å². The van der Waals surface area contributed by atoms with Gasteiger partial charge in [0.25, 0.3) is 0 Å². The van der Waals surface area contributed by atoms with Crippen molar-refractivity contribution in [3.63, 3.8) is 0 Å². The number of rotatable bonds is 4. The Kier molecular flexibility index (Phi) is 4.91. The molecule has 0 saturated carbocycles. The highest BCUT2D eigenvalue weighted by Crippen LogP contribution is 2.32. The third kappa shape index (κ3) is 3.59. The number of hydrogen-bond donors (Lipinski definition) is 0. The highest BCUT2D eigenvalue weighted by molar-refractivity contribution is 6.30. The van der Waals surface area contributed by atoms with E-state index in [0.717, 1.165) is 5.56 Å². The van der Waals surface area contributed by atoms with E-state index in [1.807, 2.05) is 19.9 Å². The molecule has 25 heavy (non-hydrogen) atoms. The maximum atomic E-state index is 12.9. The second-order valence-corrected chi connectivity index (χ2v) is 6.26. The second kappa shape index (κ2) is 7.11. The predicted octanol–water partition coefficient (Wildman–Crippen LogP) is 5.13. The molecule has 5 heteroatoms. The molecule has 3 rings (SSSR count). The number of aryl methyl sites for hydroxylation is 1. The lowest BCUT2D eigenvalue weighted by Crippen LogP contribution is -2.15. The monoisotopic (exact) mass is 356 g/mol. The molecule has 0 spiro atoms. The Morgan fingerprint density at radius 3 is 2.56 bits per heavy atom.